The van der Waals surface area contributed by atoms with Gasteiger partial charge in [-0.2, -0.15) is 0 Å². The highest BCUT2D eigenvalue weighted by molar-refractivity contribution is 5.74. The second-order valence-electron chi connectivity index (χ2n) is 6.84. The quantitative estimate of drug-likeness (QED) is 0.936. The number of fused-ring (bicyclic) bond motifs is 1. The lowest BCUT2D eigenvalue weighted by molar-refractivity contribution is 0.163. The van der Waals surface area contributed by atoms with Crippen molar-refractivity contribution in [3.05, 3.63) is 47.8 Å². The summed E-state index contributed by atoms with van der Waals surface area (Å²) in [6.07, 6.45) is 6.74. The predicted molar refractivity (Wildman–Crippen MR) is 90.6 cm³/mol. The smallest absolute Gasteiger partial charge is 0.317 e. The fraction of sp³-hybridized carbons (Fsp3) is 0.500. The van der Waals surface area contributed by atoms with Crippen LogP contribution in [0.1, 0.15) is 29.9 Å². The Morgan fingerprint density at radius 2 is 2.08 bits per heavy atom. The van der Waals surface area contributed by atoms with Gasteiger partial charge in [-0.3, -0.25) is 4.68 Å². The molecule has 4 rings (SSSR count). The van der Waals surface area contributed by atoms with Gasteiger partial charge in [-0.05, 0) is 36.3 Å². The molecule has 24 heavy (non-hydrogen) atoms. The first kappa shape index (κ1) is 15.2. The molecule has 1 aliphatic carbocycles. The number of hydrogen-bond acceptors (Lipinski definition) is 3. The number of benzene rings is 1. The van der Waals surface area contributed by atoms with Gasteiger partial charge in [-0.1, -0.05) is 29.5 Å². The molecule has 1 saturated heterocycles. The van der Waals surface area contributed by atoms with Crippen LogP contribution in [0.15, 0.2) is 36.7 Å². The number of carbonyl (C=O) groups excluding carboxylic acids is 1. The summed E-state index contributed by atoms with van der Waals surface area (Å²) in [6, 6.07) is 8.58. The minimum atomic E-state index is 0.0820. The molecule has 0 saturated carbocycles. The lowest BCUT2D eigenvalue weighted by atomic mass is 9.78. The van der Waals surface area contributed by atoms with Gasteiger partial charge in [0.25, 0.3) is 0 Å². The van der Waals surface area contributed by atoms with Gasteiger partial charge in [0.15, 0.2) is 0 Å². The Hall–Kier alpha value is -2.37. The molecule has 1 atom stereocenters. The monoisotopic (exact) mass is 325 g/mol. The molecule has 1 unspecified atom stereocenters. The molecule has 126 valence electrons. The SMILES string of the molecule is O=C(NCC1Cc2ccccc21)N1CCC(Cn2ccnn2)CC1. The summed E-state index contributed by atoms with van der Waals surface area (Å²) in [5.41, 5.74) is 2.81. The van der Waals surface area contributed by atoms with Crippen LogP contribution in [-0.4, -0.2) is 45.6 Å². The van der Waals surface area contributed by atoms with Crippen molar-refractivity contribution in [3.8, 4) is 0 Å². The van der Waals surface area contributed by atoms with E-state index in [1.165, 1.54) is 11.1 Å². The Morgan fingerprint density at radius 1 is 1.25 bits per heavy atom. The molecule has 0 radical (unpaired) electrons. The van der Waals surface area contributed by atoms with Crippen LogP contribution in [0.3, 0.4) is 0 Å². The zero-order valence-electron chi connectivity index (χ0n) is 13.8. The van der Waals surface area contributed by atoms with Gasteiger partial charge in [-0.15, -0.1) is 5.10 Å². The Kier molecular flexibility index (Phi) is 4.19. The van der Waals surface area contributed by atoms with E-state index >= 15 is 0 Å². The number of nitrogens with zero attached hydrogens (tertiary/aromatic N) is 4. The third-order valence-corrected chi connectivity index (χ3v) is 5.28. The number of likely N-dealkylation sites (tertiary alicyclic amines) is 1. The summed E-state index contributed by atoms with van der Waals surface area (Å²) in [5.74, 6) is 1.06. The van der Waals surface area contributed by atoms with Crippen LogP contribution in [0.2, 0.25) is 0 Å². The van der Waals surface area contributed by atoms with Crippen LogP contribution in [-0.2, 0) is 13.0 Å². The number of piperidine rings is 1. The molecule has 1 aromatic heterocycles. The van der Waals surface area contributed by atoms with E-state index in [0.29, 0.717) is 11.8 Å². The summed E-state index contributed by atoms with van der Waals surface area (Å²) in [4.78, 5) is 14.3. The van der Waals surface area contributed by atoms with E-state index in [0.717, 1.165) is 45.4 Å². The fourth-order valence-electron chi connectivity index (χ4n) is 3.78. The maximum atomic E-state index is 12.4. The molecular formula is C18H23N5O. The van der Waals surface area contributed by atoms with Crippen LogP contribution >= 0.6 is 0 Å². The standard InChI is InChI=1S/C18H23N5O/c24-18(19-12-16-11-15-3-1-2-4-17(15)16)22-8-5-14(6-9-22)13-23-10-7-20-21-23/h1-4,7,10,14,16H,5-6,8-9,11-13H2,(H,19,24). The highest BCUT2D eigenvalue weighted by Crippen LogP contribution is 2.34. The molecule has 1 fully saturated rings. The number of amides is 2. The number of urea groups is 1. The number of hydrogen-bond donors (Lipinski definition) is 1. The maximum absolute atomic E-state index is 12.4. The second kappa shape index (κ2) is 6.63. The predicted octanol–water partition coefficient (Wildman–Crippen LogP) is 2.04. The molecule has 0 bridgehead atoms. The average molecular weight is 325 g/mol. The minimum Gasteiger partial charge on any atom is -0.337 e. The number of rotatable bonds is 4. The average Bonchev–Trinajstić information content (AvgIpc) is 3.09. The van der Waals surface area contributed by atoms with Gasteiger partial charge in [0.05, 0.1) is 6.20 Å². The van der Waals surface area contributed by atoms with Gasteiger partial charge in [0, 0.05) is 38.3 Å². The second-order valence-corrected chi connectivity index (χ2v) is 6.84. The van der Waals surface area contributed by atoms with E-state index in [9.17, 15) is 4.79 Å². The lowest BCUT2D eigenvalue weighted by Gasteiger charge is -2.34. The summed E-state index contributed by atoms with van der Waals surface area (Å²) >= 11 is 0. The van der Waals surface area contributed by atoms with Crippen molar-refractivity contribution in [2.24, 2.45) is 5.92 Å². The summed E-state index contributed by atoms with van der Waals surface area (Å²) in [6.45, 7) is 3.29. The minimum absolute atomic E-state index is 0.0820. The molecule has 0 spiro atoms. The third kappa shape index (κ3) is 3.13. The Balaban J connectivity index is 1.21. The van der Waals surface area contributed by atoms with Crippen molar-refractivity contribution >= 4 is 6.03 Å². The largest absolute Gasteiger partial charge is 0.337 e. The highest BCUT2D eigenvalue weighted by atomic mass is 16.2. The molecule has 6 nitrogen and oxygen atoms in total. The molecule has 1 aliphatic heterocycles. The lowest BCUT2D eigenvalue weighted by Crippen LogP contribution is -2.46. The topological polar surface area (TPSA) is 63.1 Å². The Labute approximate surface area is 141 Å². The van der Waals surface area contributed by atoms with Crippen molar-refractivity contribution in [2.75, 3.05) is 19.6 Å². The van der Waals surface area contributed by atoms with Crippen LogP contribution in [0.5, 0.6) is 0 Å². The van der Waals surface area contributed by atoms with Gasteiger partial charge in [0.1, 0.15) is 0 Å². The summed E-state index contributed by atoms with van der Waals surface area (Å²) in [5, 5.41) is 11.0. The zero-order valence-corrected chi connectivity index (χ0v) is 13.8. The third-order valence-electron chi connectivity index (χ3n) is 5.28. The molecule has 2 aliphatic rings. The van der Waals surface area contributed by atoms with E-state index in [4.69, 9.17) is 0 Å². The fourth-order valence-corrected chi connectivity index (χ4v) is 3.78. The summed E-state index contributed by atoms with van der Waals surface area (Å²) in [7, 11) is 0. The molecular weight excluding hydrogens is 302 g/mol. The van der Waals surface area contributed by atoms with E-state index < -0.39 is 0 Å². The van der Waals surface area contributed by atoms with Crippen molar-refractivity contribution in [1.29, 1.82) is 0 Å². The Morgan fingerprint density at radius 3 is 2.83 bits per heavy atom. The van der Waals surface area contributed by atoms with Gasteiger partial charge in [0.2, 0.25) is 0 Å². The molecule has 1 aromatic carbocycles. The number of nitrogens with one attached hydrogen (secondary N) is 1. The van der Waals surface area contributed by atoms with Crippen molar-refractivity contribution in [3.63, 3.8) is 0 Å². The number of aromatic nitrogens is 3. The first-order valence-corrected chi connectivity index (χ1v) is 8.74. The van der Waals surface area contributed by atoms with Gasteiger partial charge < -0.3 is 10.2 Å². The van der Waals surface area contributed by atoms with Crippen LogP contribution in [0, 0.1) is 5.92 Å². The zero-order chi connectivity index (χ0) is 16.4. The first-order valence-electron chi connectivity index (χ1n) is 8.74. The van der Waals surface area contributed by atoms with Crippen molar-refractivity contribution in [1.82, 2.24) is 25.2 Å². The molecule has 6 heteroatoms. The molecule has 2 amide bonds. The van der Waals surface area contributed by atoms with Gasteiger partial charge in [-0.25, -0.2) is 4.79 Å². The van der Waals surface area contributed by atoms with Crippen LogP contribution < -0.4 is 5.32 Å². The van der Waals surface area contributed by atoms with E-state index in [-0.39, 0.29) is 6.03 Å². The summed E-state index contributed by atoms with van der Waals surface area (Å²) < 4.78 is 1.88. The molecule has 1 N–H and O–H groups in total. The van der Waals surface area contributed by atoms with E-state index in [1.54, 1.807) is 6.20 Å². The first-order chi connectivity index (χ1) is 11.8. The van der Waals surface area contributed by atoms with E-state index in [2.05, 4.69) is 39.9 Å². The molecule has 2 heterocycles. The maximum Gasteiger partial charge on any atom is 0.317 e. The number of carbonyl (C=O) groups is 1. The molecule has 2 aromatic rings. The van der Waals surface area contributed by atoms with Gasteiger partial charge >= 0.3 is 6.03 Å². The van der Waals surface area contributed by atoms with Crippen molar-refractivity contribution < 1.29 is 4.79 Å². The van der Waals surface area contributed by atoms with E-state index in [1.807, 2.05) is 15.8 Å². The Bertz CT molecular complexity index is 691. The normalized spacial score (nSPS) is 20.3. The van der Waals surface area contributed by atoms with Crippen LogP contribution in [0.25, 0.3) is 0 Å². The van der Waals surface area contributed by atoms with Crippen LogP contribution in [0.4, 0.5) is 4.79 Å². The van der Waals surface area contributed by atoms with Crippen molar-refractivity contribution in [2.45, 2.75) is 31.7 Å². The highest BCUT2D eigenvalue weighted by Gasteiger charge is 2.27.